The third kappa shape index (κ3) is 4.27. The first kappa shape index (κ1) is 23.7. The van der Waals surface area contributed by atoms with Gasteiger partial charge in [-0.15, -0.1) is 0 Å². The van der Waals surface area contributed by atoms with Crippen molar-refractivity contribution in [2.75, 3.05) is 23.3 Å². The Morgan fingerprint density at radius 1 is 1.03 bits per heavy atom. The Kier molecular flexibility index (Phi) is 5.90. The molecule has 0 atom stereocenters. The Bertz CT molecular complexity index is 1680. The molecule has 1 saturated carbocycles. The Morgan fingerprint density at radius 2 is 1.87 bits per heavy atom. The van der Waals surface area contributed by atoms with E-state index in [1.807, 2.05) is 6.07 Å². The van der Waals surface area contributed by atoms with Crippen molar-refractivity contribution >= 4 is 39.5 Å². The van der Waals surface area contributed by atoms with E-state index in [0.717, 1.165) is 62.8 Å². The summed E-state index contributed by atoms with van der Waals surface area (Å²) in [5.41, 5.74) is 4.34. The fraction of sp³-hybridized carbons (Fsp3) is 0.357. The lowest BCUT2D eigenvalue weighted by Gasteiger charge is -2.28. The molecule has 5 aromatic heterocycles. The number of imidazole rings is 1. The summed E-state index contributed by atoms with van der Waals surface area (Å²) in [4.78, 5) is 36.1. The summed E-state index contributed by atoms with van der Waals surface area (Å²) in [6, 6.07) is 3.70. The maximum absolute atomic E-state index is 16.1. The van der Waals surface area contributed by atoms with E-state index >= 15 is 4.39 Å². The van der Waals surface area contributed by atoms with E-state index in [9.17, 15) is 4.79 Å². The molecule has 0 spiro atoms. The molecule has 5 aromatic rings. The number of rotatable bonds is 5. The lowest BCUT2D eigenvalue weighted by atomic mass is 10.1. The Hall–Kier alpha value is -4.41. The molecule has 39 heavy (non-hydrogen) atoms. The molecular formula is C28H28FN9O. The molecule has 2 fully saturated rings. The highest BCUT2D eigenvalue weighted by atomic mass is 19.1. The van der Waals surface area contributed by atoms with Crippen LogP contribution in [-0.2, 0) is 4.79 Å². The second-order valence-electron chi connectivity index (χ2n) is 10.4. The van der Waals surface area contributed by atoms with Crippen LogP contribution in [0.25, 0.3) is 44.8 Å². The van der Waals surface area contributed by atoms with Crippen LogP contribution >= 0.6 is 0 Å². The van der Waals surface area contributed by atoms with Crippen LogP contribution in [0.5, 0.6) is 0 Å². The summed E-state index contributed by atoms with van der Waals surface area (Å²) in [5, 5.41) is 10.4. The quantitative estimate of drug-likeness (QED) is 0.287. The van der Waals surface area contributed by atoms with Crippen molar-refractivity contribution in [2.24, 2.45) is 5.92 Å². The number of fused-ring (bicyclic) bond motifs is 2. The molecule has 0 unspecified atom stereocenters. The van der Waals surface area contributed by atoms with Crippen LogP contribution < -0.4 is 10.2 Å². The van der Waals surface area contributed by atoms with E-state index in [4.69, 9.17) is 4.98 Å². The number of nitrogens with one attached hydrogen (secondary N) is 3. The van der Waals surface area contributed by atoms with Gasteiger partial charge in [0.05, 0.1) is 23.0 Å². The van der Waals surface area contributed by atoms with E-state index in [-0.39, 0.29) is 22.8 Å². The van der Waals surface area contributed by atoms with Gasteiger partial charge in [-0.3, -0.25) is 14.9 Å². The average molecular weight is 526 g/mol. The van der Waals surface area contributed by atoms with Crippen LogP contribution in [0.4, 0.5) is 15.8 Å². The van der Waals surface area contributed by atoms with Crippen molar-refractivity contribution in [3.8, 4) is 22.6 Å². The number of hydrogen-bond donors (Lipinski definition) is 3. The number of anilines is 2. The number of pyridine rings is 3. The molecule has 1 saturated heterocycles. The summed E-state index contributed by atoms with van der Waals surface area (Å²) in [5.74, 6) is -0.0677. The highest BCUT2D eigenvalue weighted by Gasteiger charge is 2.24. The first-order valence-corrected chi connectivity index (χ1v) is 13.5. The molecule has 11 heteroatoms. The maximum Gasteiger partial charge on any atom is 0.227 e. The number of halogens is 1. The number of H-pyrrole nitrogens is 2. The van der Waals surface area contributed by atoms with Gasteiger partial charge in [0.15, 0.2) is 17.1 Å². The zero-order valence-electron chi connectivity index (χ0n) is 21.4. The number of piperidine rings is 1. The van der Waals surface area contributed by atoms with Gasteiger partial charge in [-0.05, 0) is 44.2 Å². The molecule has 3 N–H and O–H groups in total. The summed E-state index contributed by atoms with van der Waals surface area (Å²) >= 11 is 0. The van der Waals surface area contributed by atoms with Gasteiger partial charge in [-0.25, -0.2) is 19.3 Å². The number of aromatic nitrogens is 7. The zero-order valence-corrected chi connectivity index (χ0v) is 21.4. The molecule has 7 rings (SSSR count). The monoisotopic (exact) mass is 525 g/mol. The maximum atomic E-state index is 16.1. The predicted octanol–water partition coefficient (Wildman–Crippen LogP) is 5.22. The second kappa shape index (κ2) is 9.72. The van der Waals surface area contributed by atoms with Gasteiger partial charge in [0.2, 0.25) is 5.91 Å². The number of carbonyl (C=O) groups excluding carboxylic acids is 1. The smallest absolute Gasteiger partial charge is 0.227 e. The summed E-state index contributed by atoms with van der Waals surface area (Å²) in [6.07, 6.45) is 13.8. The molecule has 0 radical (unpaired) electrons. The highest BCUT2D eigenvalue weighted by molar-refractivity contribution is 5.96. The standard InChI is InChI=1S/C28H28FN9O/c29-22-19(17-12-18(14-30-13-17)33-28(39)16-6-2-3-7-16)15-32-25-21(22)24(36-37-25)27-34-23-20(8-9-31-26(23)35-27)38-10-4-1-5-11-38/h8-9,12-16H,1-7,10-11H2,(H,33,39)(H,31,34,35)(H,32,36,37). The van der Waals surface area contributed by atoms with Crippen molar-refractivity contribution in [2.45, 2.75) is 44.9 Å². The van der Waals surface area contributed by atoms with Gasteiger partial charge in [0.25, 0.3) is 0 Å². The van der Waals surface area contributed by atoms with Gasteiger partial charge in [-0.1, -0.05) is 12.8 Å². The fourth-order valence-electron chi connectivity index (χ4n) is 5.81. The Balaban J connectivity index is 1.25. The lowest BCUT2D eigenvalue weighted by Crippen LogP contribution is -2.29. The van der Waals surface area contributed by atoms with Gasteiger partial charge >= 0.3 is 0 Å². The van der Waals surface area contributed by atoms with Crippen molar-refractivity contribution < 1.29 is 9.18 Å². The van der Waals surface area contributed by atoms with E-state index < -0.39 is 5.82 Å². The first-order chi connectivity index (χ1) is 19.2. The third-order valence-corrected chi connectivity index (χ3v) is 7.85. The topological polar surface area (TPSA) is 128 Å². The molecule has 10 nitrogen and oxygen atoms in total. The fourth-order valence-corrected chi connectivity index (χ4v) is 5.81. The number of amides is 1. The van der Waals surface area contributed by atoms with Crippen LogP contribution in [0, 0.1) is 11.7 Å². The molecule has 0 aromatic carbocycles. The summed E-state index contributed by atoms with van der Waals surface area (Å²) in [6.45, 7) is 1.95. The largest absolute Gasteiger partial charge is 0.370 e. The van der Waals surface area contributed by atoms with E-state index in [1.54, 1.807) is 24.7 Å². The van der Waals surface area contributed by atoms with Gasteiger partial charge in [0.1, 0.15) is 17.0 Å². The Labute approximate surface area is 223 Å². The predicted molar refractivity (Wildman–Crippen MR) is 147 cm³/mol. The molecule has 6 heterocycles. The van der Waals surface area contributed by atoms with Crippen molar-refractivity contribution in [3.05, 3.63) is 42.7 Å². The van der Waals surface area contributed by atoms with E-state index in [1.165, 1.54) is 12.6 Å². The van der Waals surface area contributed by atoms with Crippen LogP contribution in [0.1, 0.15) is 44.9 Å². The highest BCUT2D eigenvalue weighted by Crippen LogP contribution is 2.35. The van der Waals surface area contributed by atoms with Crippen LogP contribution in [0.3, 0.4) is 0 Å². The molecular weight excluding hydrogens is 497 g/mol. The van der Waals surface area contributed by atoms with Gasteiger partial charge < -0.3 is 15.2 Å². The number of aromatic amines is 2. The molecule has 1 aliphatic carbocycles. The zero-order chi connectivity index (χ0) is 26.3. The van der Waals surface area contributed by atoms with Crippen LogP contribution in [0.15, 0.2) is 36.9 Å². The third-order valence-electron chi connectivity index (χ3n) is 7.85. The minimum absolute atomic E-state index is 0.0139. The van der Waals surface area contributed by atoms with Gasteiger partial charge in [-0.2, -0.15) is 5.10 Å². The summed E-state index contributed by atoms with van der Waals surface area (Å²) < 4.78 is 16.1. The summed E-state index contributed by atoms with van der Waals surface area (Å²) in [7, 11) is 0. The molecule has 0 bridgehead atoms. The SMILES string of the molecule is O=C(Nc1cncc(-c2cnc3[nH]nc(-c4nc5c(N6CCCCC6)ccnc5[nH]4)c3c2F)c1)C1CCCC1. The van der Waals surface area contributed by atoms with E-state index in [0.29, 0.717) is 34.1 Å². The van der Waals surface area contributed by atoms with Crippen LogP contribution in [-0.4, -0.2) is 54.1 Å². The van der Waals surface area contributed by atoms with Crippen molar-refractivity contribution in [1.82, 2.24) is 35.1 Å². The lowest BCUT2D eigenvalue weighted by molar-refractivity contribution is -0.119. The number of hydrogen-bond acceptors (Lipinski definition) is 7. The average Bonchev–Trinajstić information content (AvgIpc) is 3.73. The molecule has 1 amide bonds. The van der Waals surface area contributed by atoms with Crippen LogP contribution in [0.2, 0.25) is 0 Å². The minimum Gasteiger partial charge on any atom is -0.370 e. The van der Waals surface area contributed by atoms with Crippen molar-refractivity contribution in [3.63, 3.8) is 0 Å². The molecule has 2 aliphatic rings. The minimum atomic E-state index is -0.491. The second-order valence-corrected chi connectivity index (χ2v) is 10.4. The van der Waals surface area contributed by atoms with Crippen molar-refractivity contribution in [1.29, 1.82) is 0 Å². The molecule has 198 valence electrons. The Morgan fingerprint density at radius 3 is 2.72 bits per heavy atom. The number of nitrogens with zero attached hydrogens (tertiary/aromatic N) is 6. The molecule has 1 aliphatic heterocycles. The number of carbonyl (C=O) groups is 1. The normalized spacial score (nSPS) is 16.4. The van der Waals surface area contributed by atoms with E-state index in [2.05, 4.69) is 40.3 Å². The van der Waals surface area contributed by atoms with Gasteiger partial charge in [0, 0.05) is 48.7 Å². The first-order valence-electron chi connectivity index (χ1n) is 13.5.